The average Bonchev–Trinajstić information content (AvgIpc) is 2.15. The van der Waals surface area contributed by atoms with E-state index in [1.807, 2.05) is 11.8 Å². The Kier molecular flexibility index (Phi) is 5.52. The predicted octanol–water partition coefficient (Wildman–Crippen LogP) is 2.07. The van der Waals surface area contributed by atoms with Crippen LogP contribution in [0.15, 0.2) is 0 Å². The van der Waals surface area contributed by atoms with Crippen molar-refractivity contribution in [2.45, 2.75) is 12.8 Å². The summed E-state index contributed by atoms with van der Waals surface area (Å²) in [5.74, 6) is 5.67. The standard InChI is InChI=1S/C9H19NS2/c1-11-7-9(6-10)8-2-4-12-5-3-8/h8-9H,2-7,10H2,1H3. The zero-order chi connectivity index (χ0) is 8.81. The molecular weight excluding hydrogens is 186 g/mol. The first-order valence-corrected chi connectivity index (χ1v) is 7.20. The van der Waals surface area contributed by atoms with Gasteiger partial charge in [0.25, 0.3) is 0 Å². The van der Waals surface area contributed by atoms with Crippen molar-refractivity contribution in [3.05, 3.63) is 0 Å². The second kappa shape index (κ2) is 6.17. The van der Waals surface area contributed by atoms with Crippen LogP contribution in [-0.4, -0.2) is 30.1 Å². The largest absolute Gasteiger partial charge is 0.330 e. The molecule has 0 spiro atoms. The fourth-order valence-electron chi connectivity index (χ4n) is 1.80. The molecule has 0 bridgehead atoms. The van der Waals surface area contributed by atoms with Crippen molar-refractivity contribution in [3.8, 4) is 0 Å². The third-order valence-electron chi connectivity index (χ3n) is 2.62. The molecule has 2 N–H and O–H groups in total. The molecule has 1 atom stereocenters. The Labute approximate surface area is 84.2 Å². The minimum absolute atomic E-state index is 0.779. The van der Waals surface area contributed by atoms with E-state index in [-0.39, 0.29) is 0 Å². The van der Waals surface area contributed by atoms with Gasteiger partial charge in [-0.25, -0.2) is 0 Å². The second-order valence-electron chi connectivity index (χ2n) is 3.40. The first-order valence-electron chi connectivity index (χ1n) is 4.65. The minimum Gasteiger partial charge on any atom is -0.330 e. The molecule has 1 fully saturated rings. The molecule has 0 aromatic carbocycles. The van der Waals surface area contributed by atoms with Crippen LogP contribution < -0.4 is 5.73 Å². The Balaban J connectivity index is 2.29. The fourth-order valence-corrected chi connectivity index (χ4v) is 3.78. The van der Waals surface area contributed by atoms with Crippen molar-refractivity contribution in [3.63, 3.8) is 0 Å². The van der Waals surface area contributed by atoms with Gasteiger partial charge in [-0.05, 0) is 54.7 Å². The maximum absolute atomic E-state index is 5.77. The third kappa shape index (κ3) is 3.19. The van der Waals surface area contributed by atoms with E-state index in [1.54, 1.807) is 0 Å². The number of thioether (sulfide) groups is 2. The smallest absolute Gasteiger partial charge is 0.00272 e. The molecule has 1 heterocycles. The molecule has 1 aliphatic heterocycles. The summed E-state index contributed by atoms with van der Waals surface area (Å²) in [5.41, 5.74) is 5.77. The molecule has 12 heavy (non-hydrogen) atoms. The van der Waals surface area contributed by atoms with Gasteiger partial charge in [-0.15, -0.1) is 0 Å². The van der Waals surface area contributed by atoms with Gasteiger partial charge < -0.3 is 5.73 Å². The van der Waals surface area contributed by atoms with Crippen LogP contribution >= 0.6 is 23.5 Å². The summed E-state index contributed by atoms with van der Waals surface area (Å²) in [6.07, 6.45) is 4.97. The van der Waals surface area contributed by atoms with Gasteiger partial charge in [0.1, 0.15) is 0 Å². The Morgan fingerprint density at radius 3 is 2.67 bits per heavy atom. The topological polar surface area (TPSA) is 26.0 Å². The van der Waals surface area contributed by atoms with E-state index in [1.165, 1.54) is 30.1 Å². The molecule has 1 aliphatic rings. The molecule has 0 amide bonds. The van der Waals surface area contributed by atoms with E-state index in [0.29, 0.717) is 0 Å². The zero-order valence-corrected chi connectivity index (χ0v) is 9.42. The maximum Gasteiger partial charge on any atom is -0.00272 e. The van der Waals surface area contributed by atoms with E-state index in [4.69, 9.17) is 5.73 Å². The summed E-state index contributed by atoms with van der Waals surface area (Å²) in [6.45, 7) is 0.885. The second-order valence-corrected chi connectivity index (χ2v) is 5.54. The summed E-state index contributed by atoms with van der Waals surface area (Å²) < 4.78 is 0. The lowest BCUT2D eigenvalue weighted by molar-refractivity contribution is 0.349. The van der Waals surface area contributed by atoms with Gasteiger partial charge in [-0.1, -0.05) is 0 Å². The van der Waals surface area contributed by atoms with Gasteiger partial charge in [0.2, 0.25) is 0 Å². The Morgan fingerprint density at radius 2 is 2.17 bits per heavy atom. The van der Waals surface area contributed by atoms with E-state index < -0.39 is 0 Å². The monoisotopic (exact) mass is 205 g/mol. The highest BCUT2D eigenvalue weighted by atomic mass is 32.2. The Bertz CT molecular complexity index is 110. The first-order chi connectivity index (χ1) is 5.88. The van der Waals surface area contributed by atoms with Crippen LogP contribution in [-0.2, 0) is 0 Å². The molecule has 3 heteroatoms. The van der Waals surface area contributed by atoms with Crippen LogP contribution in [0.4, 0.5) is 0 Å². The van der Waals surface area contributed by atoms with Crippen molar-refractivity contribution in [1.29, 1.82) is 0 Å². The molecule has 0 saturated carbocycles. The summed E-state index contributed by atoms with van der Waals surface area (Å²) in [4.78, 5) is 0. The van der Waals surface area contributed by atoms with Crippen molar-refractivity contribution < 1.29 is 0 Å². The minimum atomic E-state index is 0.779. The van der Waals surface area contributed by atoms with Gasteiger partial charge in [0.05, 0.1) is 0 Å². The van der Waals surface area contributed by atoms with Gasteiger partial charge in [-0.3, -0.25) is 0 Å². The molecule has 1 unspecified atom stereocenters. The van der Waals surface area contributed by atoms with Gasteiger partial charge in [0, 0.05) is 0 Å². The van der Waals surface area contributed by atoms with Gasteiger partial charge in [0.15, 0.2) is 0 Å². The molecule has 1 rings (SSSR count). The highest BCUT2D eigenvalue weighted by Gasteiger charge is 2.21. The highest BCUT2D eigenvalue weighted by molar-refractivity contribution is 7.99. The summed E-state index contributed by atoms with van der Waals surface area (Å²) >= 11 is 4.04. The third-order valence-corrected chi connectivity index (χ3v) is 4.43. The van der Waals surface area contributed by atoms with Crippen molar-refractivity contribution in [1.82, 2.24) is 0 Å². The lowest BCUT2D eigenvalue weighted by atomic mass is 9.89. The van der Waals surface area contributed by atoms with E-state index in [2.05, 4.69) is 18.0 Å². The van der Waals surface area contributed by atoms with Crippen LogP contribution in [0.5, 0.6) is 0 Å². The highest BCUT2D eigenvalue weighted by Crippen LogP contribution is 2.29. The molecule has 0 aliphatic carbocycles. The Hall–Kier alpha value is 0.660. The lowest BCUT2D eigenvalue weighted by Gasteiger charge is -2.28. The van der Waals surface area contributed by atoms with Crippen molar-refractivity contribution >= 4 is 23.5 Å². The molecule has 1 saturated heterocycles. The number of hydrogen-bond donors (Lipinski definition) is 1. The fraction of sp³-hybridized carbons (Fsp3) is 1.00. The van der Waals surface area contributed by atoms with Crippen molar-refractivity contribution in [2.75, 3.05) is 30.1 Å². The first kappa shape index (κ1) is 10.7. The quantitative estimate of drug-likeness (QED) is 0.761. The normalized spacial score (nSPS) is 22.5. The zero-order valence-electron chi connectivity index (χ0n) is 7.79. The molecule has 0 aromatic heterocycles. The van der Waals surface area contributed by atoms with Gasteiger partial charge >= 0.3 is 0 Å². The molecular formula is C9H19NS2. The van der Waals surface area contributed by atoms with Crippen LogP contribution in [0, 0.1) is 11.8 Å². The van der Waals surface area contributed by atoms with Crippen LogP contribution in [0.25, 0.3) is 0 Å². The van der Waals surface area contributed by atoms with Crippen LogP contribution in [0.1, 0.15) is 12.8 Å². The lowest BCUT2D eigenvalue weighted by Crippen LogP contribution is -2.28. The Morgan fingerprint density at radius 1 is 1.50 bits per heavy atom. The number of hydrogen-bond acceptors (Lipinski definition) is 3. The molecule has 1 nitrogen and oxygen atoms in total. The number of nitrogens with two attached hydrogens (primary N) is 1. The SMILES string of the molecule is CSCC(CN)C1CCSCC1. The predicted molar refractivity (Wildman–Crippen MR) is 61.0 cm³/mol. The van der Waals surface area contributed by atoms with E-state index >= 15 is 0 Å². The summed E-state index contributed by atoms with van der Waals surface area (Å²) in [7, 11) is 0. The molecule has 72 valence electrons. The van der Waals surface area contributed by atoms with Gasteiger partial charge in [-0.2, -0.15) is 23.5 Å². The summed E-state index contributed by atoms with van der Waals surface area (Å²) in [5, 5.41) is 0. The maximum atomic E-state index is 5.77. The average molecular weight is 205 g/mol. The number of rotatable bonds is 4. The molecule has 0 aromatic rings. The molecule has 0 radical (unpaired) electrons. The van der Waals surface area contributed by atoms with Crippen molar-refractivity contribution in [2.24, 2.45) is 17.6 Å². The summed E-state index contributed by atoms with van der Waals surface area (Å²) in [6, 6.07) is 0. The van der Waals surface area contributed by atoms with E-state index in [0.717, 1.165) is 18.4 Å². The van der Waals surface area contributed by atoms with Crippen LogP contribution in [0.3, 0.4) is 0 Å². The van der Waals surface area contributed by atoms with Crippen LogP contribution in [0.2, 0.25) is 0 Å². The van der Waals surface area contributed by atoms with E-state index in [9.17, 15) is 0 Å².